The lowest BCUT2D eigenvalue weighted by Gasteiger charge is -2.05. The normalized spacial score (nSPS) is 16.8. The van der Waals surface area contributed by atoms with Crippen LogP contribution < -0.4 is 0 Å². The van der Waals surface area contributed by atoms with Crippen molar-refractivity contribution in [2.45, 2.75) is 45.6 Å². The zero-order chi connectivity index (χ0) is 9.26. The maximum absolute atomic E-state index is 4.16. The van der Waals surface area contributed by atoms with Gasteiger partial charge in [-0.25, -0.2) is 0 Å². The Balaban J connectivity index is 1.98. The lowest BCUT2D eigenvalue weighted by atomic mass is 10.1. The van der Waals surface area contributed by atoms with Crippen LogP contribution in [0.1, 0.15) is 45.0 Å². The molecule has 1 aliphatic rings. The van der Waals surface area contributed by atoms with E-state index in [9.17, 15) is 0 Å². The van der Waals surface area contributed by atoms with E-state index in [1.54, 1.807) is 0 Å². The molecule has 0 saturated heterocycles. The van der Waals surface area contributed by atoms with E-state index in [-0.39, 0.29) is 0 Å². The van der Waals surface area contributed by atoms with E-state index in [1.165, 1.54) is 25.1 Å². The number of hydrogen-bond donors (Lipinski definition) is 0. The minimum absolute atomic E-state index is 0.720. The SMILES string of the molecule is CC(C)CCc1nncn1C1CC1. The van der Waals surface area contributed by atoms with Gasteiger partial charge in [-0.05, 0) is 25.2 Å². The summed E-state index contributed by atoms with van der Waals surface area (Å²) >= 11 is 0. The Bertz CT molecular complexity index is 273. The van der Waals surface area contributed by atoms with Crippen LogP contribution in [0.2, 0.25) is 0 Å². The first-order valence-electron chi connectivity index (χ1n) is 5.15. The monoisotopic (exact) mass is 179 g/mol. The van der Waals surface area contributed by atoms with E-state index in [1.807, 2.05) is 6.33 Å². The Kier molecular flexibility index (Phi) is 2.34. The Labute approximate surface area is 79.2 Å². The van der Waals surface area contributed by atoms with Gasteiger partial charge >= 0.3 is 0 Å². The van der Waals surface area contributed by atoms with Crippen LogP contribution >= 0.6 is 0 Å². The van der Waals surface area contributed by atoms with Gasteiger partial charge in [0.25, 0.3) is 0 Å². The summed E-state index contributed by atoms with van der Waals surface area (Å²) in [5, 5.41) is 8.14. The molecule has 1 aromatic rings. The van der Waals surface area contributed by atoms with Gasteiger partial charge in [-0.3, -0.25) is 0 Å². The maximum atomic E-state index is 4.16. The lowest BCUT2D eigenvalue weighted by molar-refractivity contribution is 0.555. The Hall–Kier alpha value is -0.860. The van der Waals surface area contributed by atoms with Gasteiger partial charge in [0.1, 0.15) is 12.2 Å². The van der Waals surface area contributed by atoms with Crippen molar-refractivity contribution in [1.82, 2.24) is 14.8 Å². The molecule has 1 aromatic heterocycles. The second-order valence-electron chi connectivity index (χ2n) is 4.32. The van der Waals surface area contributed by atoms with Crippen LogP contribution in [0.3, 0.4) is 0 Å². The van der Waals surface area contributed by atoms with Crippen molar-refractivity contribution in [2.75, 3.05) is 0 Å². The zero-order valence-corrected chi connectivity index (χ0v) is 8.40. The molecular formula is C10H17N3. The summed E-state index contributed by atoms with van der Waals surface area (Å²) in [6.45, 7) is 4.50. The van der Waals surface area contributed by atoms with Gasteiger partial charge < -0.3 is 4.57 Å². The highest BCUT2D eigenvalue weighted by Crippen LogP contribution is 2.35. The Morgan fingerprint density at radius 1 is 1.54 bits per heavy atom. The highest BCUT2D eigenvalue weighted by molar-refractivity contribution is 4.94. The number of nitrogens with zero attached hydrogens (tertiary/aromatic N) is 3. The van der Waals surface area contributed by atoms with E-state index in [4.69, 9.17) is 0 Å². The van der Waals surface area contributed by atoms with Gasteiger partial charge in [-0.1, -0.05) is 13.8 Å². The van der Waals surface area contributed by atoms with Crippen LogP contribution in [0, 0.1) is 5.92 Å². The van der Waals surface area contributed by atoms with Gasteiger partial charge in [-0.15, -0.1) is 10.2 Å². The number of hydrogen-bond acceptors (Lipinski definition) is 2. The fraction of sp³-hybridized carbons (Fsp3) is 0.800. The summed E-state index contributed by atoms with van der Waals surface area (Å²) in [6.07, 6.45) is 6.80. The van der Waals surface area contributed by atoms with E-state index in [0.29, 0.717) is 0 Å². The van der Waals surface area contributed by atoms with Crippen molar-refractivity contribution in [3.63, 3.8) is 0 Å². The molecule has 0 N–H and O–H groups in total. The summed E-state index contributed by atoms with van der Waals surface area (Å²) < 4.78 is 2.25. The van der Waals surface area contributed by atoms with Gasteiger partial charge in [0.15, 0.2) is 0 Å². The fourth-order valence-electron chi connectivity index (χ4n) is 1.52. The van der Waals surface area contributed by atoms with Crippen LogP contribution in [0.25, 0.3) is 0 Å². The molecule has 0 aromatic carbocycles. The molecule has 0 bridgehead atoms. The Morgan fingerprint density at radius 3 is 2.92 bits per heavy atom. The standard InChI is InChI=1S/C10H17N3/c1-8(2)3-6-10-12-11-7-13(10)9-4-5-9/h7-9H,3-6H2,1-2H3. The highest BCUT2D eigenvalue weighted by atomic mass is 15.3. The average Bonchev–Trinajstić information content (AvgIpc) is 2.82. The molecule has 0 aliphatic heterocycles. The van der Waals surface area contributed by atoms with Gasteiger partial charge in [0, 0.05) is 12.5 Å². The summed E-state index contributed by atoms with van der Waals surface area (Å²) in [7, 11) is 0. The van der Waals surface area contributed by atoms with Crippen molar-refractivity contribution in [2.24, 2.45) is 5.92 Å². The number of rotatable bonds is 4. The highest BCUT2D eigenvalue weighted by Gasteiger charge is 2.25. The first-order chi connectivity index (χ1) is 6.27. The molecule has 0 unspecified atom stereocenters. The van der Waals surface area contributed by atoms with Crippen LogP contribution in [0.15, 0.2) is 6.33 Å². The molecule has 0 atom stereocenters. The summed E-state index contributed by atoms with van der Waals surface area (Å²) in [5.74, 6) is 1.93. The molecule has 72 valence electrons. The Morgan fingerprint density at radius 2 is 2.31 bits per heavy atom. The molecule has 0 radical (unpaired) electrons. The van der Waals surface area contributed by atoms with Crippen molar-refractivity contribution >= 4 is 0 Å². The van der Waals surface area contributed by atoms with Crippen LogP contribution in [-0.2, 0) is 6.42 Å². The summed E-state index contributed by atoms with van der Waals surface area (Å²) in [6, 6.07) is 0.720. The third kappa shape index (κ3) is 2.08. The minimum atomic E-state index is 0.720. The van der Waals surface area contributed by atoms with Crippen molar-refractivity contribution in [3.05, 3.63) is 12.2 Å². The maximum Gasteiger partial charge on any atom is 0.133 e. The van der Waals surface area contributed by atoms with Gasteiger partial charge in [0.2, 0.25) is 0 Å². The smallest absolute Gasteiger partial charge is 0.133 e. The van der Waals surface area contributed by atoms with E-state index >= 15 is 0 Å². The van der Waals surface area contributed by atoms with Crippen molar-refractivity contribution in [3.8, 4) is 0 Å². The second kappa shape index (κ2) is 3.48. The molecular weight excluding hydrogens is 162 g/mol. The molecule has 0 spiro atoms. The second-order valence-corrected chi connectivity index (χ2v) is 4.32. The predicted octanol–water partition coefficient (Wildman–Crippen LogP) is 2.20. The van der Waals surface area contributed by atoms with Gasteiger partial charge in [-0.2, -0.15) is 0 Å². The quantitative estimate of drug-likeness (QED) is 0.709. The summed E-state index contributed by atoms with van der Waals surface area (Å²) in [5.41, 5.74) is 0. The molecule has 0 amide bonds. The van der Waals surface area contributed by atoms with E-state index in [0.717, 1.165) is 18.4 Å². The summed E-state index contributed by atoms with van der Waals surface area (Å²) in [4.78, 5) is 0. The molecule has 13 heavy (non-hydrogen) atoms. The van der Waals surface area contributed by atoms with Crippen LogP contribution in [-0.4, -0.2) is 14.8 Å². The lowest BCUT2D eigenvalue weighted by Crippen LogP contribution is -2.02. The van der Waals surface area contributed by atoms with Gasteiger partial charge in [0.05, 0.1) is 0 Å². The molecule has 2 rings (SSSR count). The zero-order valence-electron chi connectivity index (χ0n) is 8.40. The molecule has 1 aliphatic carbocycles. The molecule has 3 nitrogen and oxygen atoms in total. The number of aryl methyl sites for hydroxylation is 1. The molecule has 1 heterocycles. The van der Waals surface area contributed by atoms with Crippen LogP contribution in [0.4, 0.5) is 0 Å². The number of aromatic nitrogens is 3. The first kappa shape index (κ1) is 8.73. The third-order valence-electron chi connectivity index (χ3n) is 2.53. The largest absolute Gasteiger partial charge is 0.314 e. The van der Waals surface area contributed by atoms with Crippen molar-refractivity contribution in [1.29, 1.82) is 0 Å². The fourth-order valence-corrected chi connectivity index (χ4v) is 1.52. The van der Waals surface area contributed by atoms with Crippen LogP contribution in [0.5, 0.6) is 0 Å². The molecule has 3 heteroatoms. The third-order valence-corrected chi connectivity index (χ3v) is 2.53. The average molecular weight is 179 g/mol. The van der Waals surface area contributed by atoms with E-state index in [2.05, 4.69) is 28.6 Å². The van der Waals surface area contributed by atoms with E-state index < -0.39 is 0 Å². The predicted molar refractivity (Wildman–Crippen MR) is 51.5 cm³/mol. The first-order valence-corrected chi connectivity index (χ1v) is 5.15. The topological polar surface area (TPSA) is 30.7 Å². The molecule has 1 saturated carbocycles. The van der Waals surface area contributed by atoms with Crippen molar-refractivity contribution < 1.29 is 0 Å². The minimum Gasteiger partial charge on any atom is -0.314 e. The molecule has 1 fully saturated rings.